The van der Waals surface area contributed by atoms with Gasteiger partial charge in [0.25, 0.3) is 0 Å². The Bertz CT molecular complexity index is 843. The van der Waals surface area contributed by atoms with E-state index in [0.29, 0.717) is 19.1 Å². The van der Waals surface area contributed by atoms with Crippen LogP contribution in [0.4, 0.5) is 8.78 Å². The second kappa shape index (κ2) is 9.53. The zero-order valence-corrected chi connectivity index (χ0v) is 17.1. The molecule has 0 amide bonds. The Morgan fingerprint density at radius 3 is 2.90 bits per heavy atom. The van der Waals surface area contributed by atoms with Gasteiger partial charge >= 0.3 is 6.55 Å². The molecule has 0 aliphatic carbocycles. The monoisotopic (exact) mass is 418 g/mol. The maximum atomic E-state index is 13.1. The van der Waals surface area contributed by atoms with Crippen molar-refractivity contribution in [3.8, 4) is 0 Å². The predicted molar refractivity (Wildman–Crippen MR) is 110 cm³/mol. The predicted octanol–water partition coefficient (Wildman–Crippen LogP) is 2.33. The summed E-state index contributed by atoms with van der Waals surface area (Å²) in [5, 5.41) is 3.29. The van der Waals surface area contributed by atoms with E-state index in [2.05, 4.69) is 49.4 Å². The van der Waals surface area contributed by atoms with Gasteiger partial charge in [-0.15, -0.1) is 0 Å². The number of alkyl halides is 2. The van der Waals surface area contributed by atoms with E-state index in [1.54, 1.807) is 0 Å². The molecule has 1 N–H and O–H groups in total. The minimum absolute atomic E-state index is 0.0973. The van der Waals surface area contributed by atoms with Crippen LogP contribution in [0.2, 0.25) is 0 Å². The van der Waals surface area contributed by atoms with Crippen molar-refractivity contribution in [1.82, 2.24) is 24.7 Å². The number of benzene rings is 1. The first-order valence-electron chi connectivity index (χ1n) is 10.4. The fraction of sp³-hybridized carbons (Fsp3) is 0.524. The molecule has 0 saturated carbocycles. The molecule has 2 saturated heterocycles. The molecule has 1 aromatic heterocycles. The Balaban J connectivity index is 1.46. The third-order valence-corrected chi connectivity index (χ3v) is 5.61. The molecule has 0 radical (unpaired) electrons. The number of ether oxygens (including phenoxy) is 1. The maximum absolute atomic E-state index is 13.1. The van der Waals surface area contributed by atoms with Crippen molar-refractivity contribution in [1.29, 1.82) is 0 Å². The molecule has 0 bridgehead atoms. The molecule has 1 aromatic carbocycles. The van der Waals surface area contributed by atoms with Crippen LogP contribution in [0.1, 0.15) is 24.9 Å². The smallest absolute Gasteiger partial charge is 0.319 e. The SMILES string of the molecule is CCNC(=NCc1nccn1C(F)F)N1CC2OCCN(Cc3ccccc3)C2C1. The lowest BCUT2D eigenvalue weighted by atomic mass is 10.1. The number of fused-ring (bicyclic) bond motifs is 1. The number of hydrogen-bond donors (Lipinski definition) is 1. The number of morpholine rings is 1. The maximum Gasteiger partial charge on any atom is 0.319 e. The van der Waals surface area contributed by atoms with Crippen molar-refractivity contribution in [2.75, 3.05) is 32.8 Å². The van der Waals surface area contributed by atoms with Gasteiger partial charge in [-0.05, 0) is 12.5 Å². The second-order valence-electron chi connectivity index (χ2n) is 7.54. The molecule has 2 unspecified atom stereocenters. The van der Waals surface area contributed by atoms with Gasteiger partial charge < -0.3 is 15.0 Å². The lowest BCUT2D eigenvalue weighted by Gasteiger charge is -2.36. The Morgan fingerprint density at radius 1 is 1.30 bits per heavy atom. The standard InChI is InChI=1S/C21H28F2N6O/c1-2-24-21(26-12-19-25-8-9-29(19)20(22)23)28-14-17-18(15-28)30-11-10-27(17)13-16-6-4-3-5-7-16/h3-9,17-18,20H,2,10-15H2,1H3,(H,24,26). The summed E-state index contributed by atoms with van der Waals surface area (Å²) in [6.07, 6.45) is 2.76. The summed E-state index contributed by atoms with van der Waals surface area (Å²) < 4.78 is 33.1. The van der Waals surface area contributed by atoms with Crippen LogP contribution in [-0.4, -0.2) is 70.2 Å². The van der Waals surface area contributed by atoms with Gasteiger partial charge in [0.1, 0.15) is 12.4 Å². The van der Waals surface area contributed by atoms with E-state index in [1.165, 1.54) is 18.0 Å². The van der Waals surface area contributed by atoms with Crippen LogP contribution in [0.3, 0.4) is 0 Å². The van der Waals surface area contributed by atoms with Crippen LogP contribution in [0.25, 0.3) is 0 Å². The largest absolute Gasteiger partial charge is 0.373 e. The summed E-state index contributed by atoms with van der Waals surface area (Å²) in [6, 6.07) is 10.7. The first-order valence-corrected chi connectivity index (χ1v) is 10.4. The summed E-state index contributed by atoms with van der Waals surface area (Å²) in [6.45, 7) is 4.18. The Hall–Kier alpha value is -2.52. The number of halogens is 2. The molecule has 2 atom stereocenters. The average Bonchev–Trinajstić information content (AvgIpc) is 3.39. The van der Waals surface area contributed by atoms with E-state index in [4.69, 9.17) is 4.74 Å². The number of likely N-dealkylation sites (tertiary alicyclic amines) is 1. The molecule has 2 aliphatic rings. The molecule has 30 heavy (non-hydrogen) atoms. The lowest BCUT2D eigenvalue weighted by molar-refractivity contribution is -0.0502. The highest BCUT2D eigenvalue weighted by atomic mass is 19.3. The van der Waals surface area contributed by atoms with Crippen molar-refractivity contribution in [3.05, 3.63) is 54.1 Å². The van der Waals surface area contributed by atoms with Crippen LogP contribution in [-0.2, 0) is 17.8 Å². The highest BCUT2D eigenvalue weighted by Gasteiger charge is 2.41. The van der Waals surface area contributed by atoms with Crippen molar-refractivity contribution in [2.45, 2.75) is 38.7 Å². The first kappa shape index (κ1) is 20.7. The average molecular weight is 418 g/mol. The van der Waals surface area contributed by atoms with Gasteiger partial charge in [0.2, 0.25) is 0 Å². The summed E-state index contributed by atoms with van der Waals surface area (Å²) in [5.74, 6) is 0.956. The minimum Gasteiger partial charge on any atom is -0.373 e. The van der Waals surface area contributed by atoms with E-state index in [9.17, 15) is 8.78 Å². The highest BCUT2D eigenvalue weighted by molar-refractivity contribution is 5.80. The molecular formula is C21H28F2N6O. The van der Waals surface area contributed by atoms with Crippen molar-refractivity contribution in [2.24, 2.45) is 4.99 Å². The minimum atomic E-state index is -2.62. The van der Waals surface area contributed by atoms with E-state index in [1.807, 2.05) is 13.0 Å². The van der Waals surface area contributed by atoms with Crippen molar-refractivity contribution in [3.63, 3.8) is 0 Å². The fourth-order valence-corrected chi connectivity index (χ4v) is 4.16. The van der Waals surface area contributed by atoms with Crippen LogP contribution in [0.15, 0.2) is 47.7 Å². The number of guanidine groups is 1. The topological polar surface area (TPSA) is 57.9 Å². The van der Waals surface area contributed by atoms with Crippen LogP contribution in [0, 0.1) is 0 Å². The molecule has 0 spiro atoms. The number of imidazole rings is 1. The summed E-state index contributed by atoms with van der Waals surface area (Å²) >= 11 is 0. The van der Waals surface area contributed by atoms with E-state index in [-0.39, 0.29) is 24.5 Å². The third-order valence-electron chi connectivity index (χ3n) is 5.61. The van der Waals surface area contributed by atoms with E-state index in [0.717, 1.165) is 30.7 Å². The van der Waals surface area contributed by atoms with E-state index >= 15 is 0 Å². The normalized spacial score (nSPS) is 22.5. The van der Waals surface area contributed by atoms with Gasteiger partial charge in [-0.25, -0.2) is 9.98 Å². The molecule has 9 heteroatoms. The molecule has 4 rings (SSSR count). The Morgan fingerprint density at radius 2 is 2.13 bits per heavy atom. The zero-order valence-electron chi connectivity index (χ0n) is 17.1. The molecule has 2 fully saturated rings. The third kappa shape index (κ3) is 4.62. The molecule has 2 aliphatic heterocycles. The summed E-state index contributed by atoms with van der Waals surface area (Å²) in [7, 11) is 0. The van der Waals surface area contributed by atoms with Gasteiger partial charge in [0.15, 0.2) is 5.96 Å². The summed E-state index contributed by atoms with van der Waals surface area (Å²) in [5.41, 5.74) is 1.29. The molecule has 3 heterocycles. The highest BCUT2D eigenvalue weighted by Crippen LogP contribution is 2.25. The van der Waals surface area contributed by atoms with Crippen LogP contribution < -0.4 is 5.32 Å². The number of aliphatic imine (C=N–C) groups is 1. The lowest BCUT2D eigenvalue weighted by Crippen LogP contribution is -2.50. The number of nitrogens with one attached hydrogen (secondary N) is 1. The number of hydrogen-bond acceptors (Lipinski definition) is 4. The number of nitrogens with zero attached hydrogens (tertiary/aromatic N) is 5. The number of aromatic nitrogens is 2. The van der Waals surface area contributed by atoms with Gasteiger partial charge in [-0.1, -0.05) is 30.3 Å². The zero-order chi connectivity index (χ0) is 20.9. The van der Waals surface area contributed by atoms with Crippen molar-refractivity contribution >= 4 is 5.96 Å². The van der Waals surface area contributed by atoms with Gasteiger partial charge in [0, 0.05) is 45.1 Å². The van der Waals surface area contributed by atoms with Crippen LogP contribution >= 0.6 is 0 Å². The molecule has 2 aromatic rings. The second-order valence-corrected chi connectivity index (χ2v) is 7.54. The molecule has 7 nitrogen and oxygen atoms in total. The van der Waals surface area contributed by atoms with E-state index < -0.39 is 6.55 Å². The quantitative estimate of drug-likeness (QED) is 0.577. The van der Waals surface area contributed by atoms with Crippen molar-refractivity contribution < 1.29 is 13.5 Å². The molecule has 162 valence electrons. The Kier molecular flexibility index (Phi) is 6.59. The first-order chi connectivity index (χ1) is 14.7. The molecular weight excluding hydrogens is 390 g/mol. The number of rotatable bonds is 6. The van der Waals surface area contributed by atoms with Gasteiger partial charge in [0.05, 0.1) is 18.8 Å². The fourth-order valence-electron chi connectivity index (χ4n) is 4.16. The van der Waals surface area contributed by atoms with Gasteiger partial charge in [-0.3, -0.25) is 9.47 Å². The van der Waals surface area contributed by atoms with Crippen LogP contribution in [0.5, 0.6) is 0 Å². The van der Waals surface area contributed by atoms with Gasteiger partial charge in [-0.2, -0.15) is 8.78 Å². The Labute approximate surface area is 175 Å². The summed E-state index contributed by atoms with van der Waals surface area (Å²) in [4.78, 5) is 13.2.